The number of rotatable bonds is 6. The van der Waals surface area contributed by atoms with Crippen LogP contribution in [0.2, 0.25) is 0 Å². The van der Waals surface area contributed by atoms with E-state index in [1.54, 1.807) is 19.2 Å². The van der Waals surface area contributed by atoms with Crippen molar-refractivity contribution in [2.75, 3.05) is 33.8 Å². The fourth-order valence-corrected chi connectivity index (χ4v) is 3.99. The van der Waals surface area contributed by atoms with Crippen molar-refractivity contribution < 1.29 is 17.9 Å². The van der Waals surface area contributed by atoms with Gasteiger partial charge in [0.05, 0.1) is 17.4 Å². The lowest BCUT2D eigenvalue weighted by atomic mass is 10.0. The molecule has 0 saturated carbocycles. The first-order chi connectivity index (χ1) is 10.9. The van der Waals surface area contributed by atoms with Crippen LogP contribution in [0.15, 0.2) is 29.2 Å². The Morgan fingerprint density at radius 3 is 2.52 bits per heavy atom. The van der Waals surface area contributed by atoms with Gasteiger partial charge in [0, 0.05) is 26.2 Å². The number of carbonyl (C=O) groups is 1. The van der Waals surface area contributed by atoms with Crippen LogP contribution in [0.3, 0.4) is 0 Å². The average Bonchev–Trinajstić information content (AvgIpc) is 2.87. The van der Waals surface area contributed by atoms with Crippen LogP contribution in [-0.2, 0) is 14.8 Å². The van der Waals surface area contributed by atoms with E-state index < -0.39 is 22.0 Å². The minimum Gasteiger partial charge on any atom is -0.494 e. The summed E-state index contributed by atoms with van der Waals surface area (Å²) in [4.78, 5) is 14.0. The molecule has 0 radical (unpaired) electrons. The number of nitrogens with zero attached hydrogens (tertiary/aromatic N) is 1. The molecule has 0 bridgehead atoms. The molecule has 7 nitrogen and oxygen atoms in total. The van der Waals surface area contributed by atoms with Crippen molar-refractivity contribution in [1.82, 2.24) is 14.9 Å². The van der Waals surface area contributed by atoms with Crippen LogP contribution in [0.1, 0.15) is 6.92 Å². The van der Waals surface area contributed by atoms with Gasteiger partial charge in [-0.2, -0.15) is 0 Å². The highest BCUT2D eigenvalue weighted by Crippen LogP contribution is 2.20. The fraction of sp³-hybridized carbons (Fsp3) is 0.533. The summed E-state index contributed by atoms with van der Waals surface area (Å²) < 4.78 is 33.0. The average molecular weight is 341 g/mol. The number of nitrogens with one attached hydrogen (secondary N) is 2. The third kappa shape index (κ3) is 4.21. The summed E-state index contributed by atoms with van der Waals surface area (Å²) in [6, 6.07) is 5.79. The highest BCUT2D eigenvalue weighted by atomic mass is 32.2. The van der Waals surface area contributed by atoms with Crippen molar-refractivity contribution in [3.8, 4) is 5.75 Å². The Balaban J connectivity index is 2.14. The van der Waals surface area contributed by atoms with Gasteiger partial charge in [-0.25, -0.2) is 13.1 Å². The summed E-state index contributed by atoms with van der Waals surface area (Å²) in [5.74, 6) is 0.0616. The number of hydrogen-bond donors (Lipinski definition) is 2. The molecule has 1 aromatic carbocycles. The fourth-order valence-electron chi connectivity index (χ4n) is 2.72. The highest BCUT2D eigenvalue weighted by Gasteiger charge is 2.38. The van der Waals surface area contributed by atoms with Gasteiger partial charge in [-0.05, 0) is 38.2 Å². The monoisotopic (exact) mass is 341 g/mol. The maximum atomic E-state index is 12.5. The molecule has 1 aliphatic rings. The van der Waals surface area contributed by atoms with Crippen LogP contribution < -0.4 is 14.8 Å². The molecular weight excluding hydrogens is 318 g/mol. The van der Waals surface area contributed by atoms with Gasteiger partial charge in [-0.1, -0.05) is 0 Å². The summed E-state index contributed by atoms with van der Waals surface area (Å²) in [6.07, 6.45) is 0. The number of likely N-dealkylation sites (N-methyl/N-ethyl adjacent to an activating group) is 1. The molecular formula is C15H23N3O4S. The Bertz CT molecular complexity index is 645. The number of carbonyl (C=O) groups excluding carboxylic acids is 1. The number of hydrogen-bond acceptors (Lipinski definition) is 5. The first-order valence-corrected chi connectivity index (χ1v) is 9.01. The Labute approximate surface area is 137 Å². The lowest BCUT2D eigenvalue weighted by molar-refractivity contribution is -0.124. The number of benzene rings is 1. The third-order valence-electron chi connectivity index (χ3n) is 3.84. The van der Waals surface area contributed by atoms with Crippen LogP contribution >= 0.6 is 0 Å². The van der Waals surface area contributed by atoms with Crippen LogP contribution in [-0.4, -0.2) is 59.1 Å². The lowest BCUT2D eigenvalue weighted by Crippen LogP contribution is -2.45. The molecule has 1 saturated heterocycles. The minimum absolute atomic E-state index is 0.158. The van der Waals surface area contributed by atoms with Crippen LogP contribution in [0.5, 0.6) is 5.75 Å². The molecule has 0 aliphatic carbocycles. The SMILES string of the molecule is CCOc1ccc(S(=O)(=O)N[C@H]2CN(C)C[C@@H]2C(=O)NC)cc1. The summed E-state index contributed by atoms with van der Waals surface area (Å²) in [5.41, 5.74) is 0. The predicted octanol–water partition coefficient (Wildman–Crippen LogP) is 0.0398. The second-order valence-corrected chi connectivity index (χ2v) is 7.29. The van der Waals surface area contributed by atoms with Crippen LogP contribution in [0.25, 0.3) is 0 Å². The molecule has 1 fully saturated rings. The zero-order chi connectivity index (χ0) is 17.0. The molecule has 1 heterocycles. The van der Waals surface area contributed by atoms with Crippen molar-refractivity contribution in [3.05, 3.63) is 24.3 Å². The Kier molecular flexibility index (Phi) is 5.61. The summed E-state index contributed by atoms with van der Waals surface area (Å²) >= 11 is 0. The van der Waals surface area contributed by atoms with Crippen molar-refractivity contribution in [2.45, 2.75) is 17.9 Å². The van der Waals surface area contributed by atoms with Gasteiger partial charge in [0.15, 0.2) is 0 Å². The molecule has 0 unspecified atom stereocenters. The van der Waals surface area contributed by atoms with E-state index in [0.717, 1.165) is 0 Å². The topological polar surface area (TPSA) is 87.7 Å². The van der Waals surface area contributed by atoms with Crippen molar-refractivity contribution >= 4 is 15.9 Å². The Morgan fingerprint density at radius 2 is 1.96 bits per heavy atom. The van der Waals surface area contributed by atoms with Crippen molar-refractivity contribution in [3.63, 3.8) is 0 Å². The molecule has 8 heteroatoms. The van der Waals surface area contributed by atoms with E-state index >= 15 is 0 Å². The van der Waals surface area contributed by atoms with Gasteiger partial charge < -0.3 is 15.0 Å². The quantitative estimate of drug-likeness (QED) is 0.763. The van der Waals surface area contributed by atoms with E-state index in [-0.39, 0.29) is 10.8 Å². The molecule has 1 amide bonds. The standard InChI is InChI=1S/C15H23N3O4S/c1-4-22-11-5-7-12(8-6-11)23(20,21)17-14-10-18(3)9-13(14)15(19)16-2/h5-8,13-14,17H,4,9-10H2,1-3H3,(H,16,19)/t13-,14-/m0/s1. The number of amides is 1. The van der Waals surface area contributed by atoms with Gasteiger partial charge in [0.25, 0.3) is 0 Å². The predicted molar refractivity (Wildman–Crippen MR) is 86.8 cm³/mol. The van der Waals surface area contributed by atoms with Crippen LogP contribution in [0, 0.1) is 5.92 Å². The molecule has 0 spiro atoms. The Hall–Kier alpha value is -1.64. The molecule has 2 atom stereocenters. The highest BCUT2D eigenvalue weighted by molar-refractivity contribution is 7.89. The Morgan fingerprint density at radius 1 is 1.30 bits per heavy atom. The zero-order valence-electron chi connectivity index (χ0n) is 13.6. The van der Waals surface area contributed by atoms with Gasteiger partial charge >= 0.3 is 0 Å². The normalized spacial score (nSPS) is 22.0. The van der Waals surface area contributed by atoms with Gasteiger partial charge in [-0.15, -0.1) is 0 Å². The largest absolute Gasteiger partial charge is 0.494 e. The van der Waals surface area contributed by atoms with E-state index in [0.29, 0.717) is 25.4 Å². The lowest BCUT2D eigenvalue weighted by Gasteiger charge is -2.18. The maximum absolute atomic E-state index is 12.5. The van der Waals surface area contributed by atoms with Crippen molar-refractivity contribution in [2.24, 2.45) is 5.92 Å². The smallest absolute Gasteiger partial charge is 0.240 e. The summed E-state index contributed by atoms with van der Waals surface area (Å²) in [6.45, 7) is 3.40. The third-order valence-corrected chi connectivity index (χ3v) is 5.34. The van der Waals surface area contributed by atoms with Gasteiger partial charge in [-0.3, -0.25) is 4.79 Å². The molecule has 23 heavy (non-hydrogen) atoms. The molecule has 2 rings (SSSR count). The van der Waals surface area contributed by atoms with Crippen LogP contribution in [0.4, 0.5) is 0 Å². The molecule has 1 aromatic rings. The van der Waals surface area contributed by atoms with Gasteiger partial charge in [0.1, 0.15) is 5.75 Å². The molecule has 2 N–H and O–H groups in total. The summed E-state index contributed by atoms with van der Waals surface area (Å²) in [7, 11) is -0.269. The van der Waals surface area contributed by atoms with Gasteiger partial charge in [0.2, 0.25) is 15.9 Å². The minimum atomic E-state index is -3.69. The number of sulfonamides is 1. The second kappa shape index (κ2) is 7.29. The summed E-state index contributed by atoms with van der Waals surface area (Å²) in [5, 5.41) is 2.59. The van der Waals surface area contributed by atoms with E-state index in [9.17, 15) is 13.2 Å². The first-order valence-electron chi connectivity index (χ1n) is 7.52. The van der Waals surface area contributed by atoms with E-state index in [1.807, 2.05) is 18.9 Å². The first kappa shape index (κ1) is 17.7. The second-order valence-electron chi connectivity index (χ2n) is 5.57. The molecule has 128 valence electrons. The van der Waals surface area contributed by atoms with E-state index in [4.69, 9.17) is 4.74 Å². The number of likely N-dealkylation sites (tertiary alicyclic amines) is 1. The maximum Gasteiger partial charge on any atom is 0.240 e. The molecule has 0 aromatic heterocycles. The van der Waals surface area contributed by atoms with E-state index in [1.165, 1.54) is 12.1 Å². The van der Waals surface area contributed by atoms with E-state index in [2.05, 4.69) is 10.0 Å². The number of ether oxygens (including phenoxy) is 1. The zero-order valence-corrected chi connectivity index (χ0v) is 14.4. The molecule has 1 aliphatic heterocycles. The van der Waals surface area contributed by atoms with Crippen molar-refractivity contribution in [1.29, 1.82) is 0 Å².